The number of hydrogen-bond acceptors (Lipinski definition) is 5. The van der Waals surface area contributed by atoms with E-state index in [-0.39, 0.29) is 17.2 Å². The summed E-state index contributed by atoms with van der Waals surface area (Å²) in [4.78, 5) is 16.5. The van der Waals surface area contributed by atoms with E-state index < -0.39 is 10.0 Å². The highest BCUT2D eigenvalue weighted by Gasteiger charge is 2.15. The lowest BCUT2D eigenvalue weighted by molar-refractivity contribution is -0.115. The third-order valence-electron chi connectivity index (χ3n) is 4.83. The van der Waals surface area contributed by atoms with Crippen LogP contribution in [0.2, 0.25) is 0 Å². The van der Waals surface area contributed by atoms with Crippen molar-refractivity contribution in [3.8, 4) is 5.88 Å². The molecule has 1 aromatic heterocycles. The van der Waals surface area contributed by atoms with Gasteiger partial charge in [0.2, 0.25) is 11.8 Å². The van der Waals surface area contributed by atoms with E-state index in [0.717, 1.165) is 16.3 Å². The molecule has 0 aliphatic rings. The Balaban J connectivity index is 1.40. The lowest BCUT2D eigenvalue weighted by Crippen LogP contribution is -2.15. The van der Waals surface area contributed by atoms with Crippen molar-refractivity contribution < 1.29 is 17.9 Å². The van der Waals surface area contributed by atoms with Gasteiger partial charge in [-0.15, -0.1) is 0 Å². The lowest BCUT2D eigenvalue weighted by Gasteiger charge is -2.10. The number of benzene rings is 3. The van der Waals surface area contributed by atoms with Crippen molar-refractivity contribution in [1.82, 2.24) is 4.98 Å². The summed E-state index contributed by atoms with van der Waals surface area (Å²) in [6.45, 7) is 0. The quantitative estimate of drug-likeness (QED) is 0.442. The summed E-state index contributed by atoms with van der Waals surface area (Å²) in [5.74, 6) is 0.256. The minimum Gasteiger partial charge on any atom is -0.481 e. The highest BCUT2D eigenvalue weighted by Crippen LogP contribution is 2.22. The first-order valence-corrected chi connectivity index (χ1v) is 11.3. The third kappa shape index (κ3) is 5.04. The SMILES string of the molecule is COc1ccc(NC(=O)Cc2ccc(NS(=O)(=O)c3ccc4ccccc4c3)cc2)cn1. The van der Waals surface area contributed by atoms with Gasteiger partial charge in [-0.1, -0.05) is 42.5 Å². The van der Waals surface area contributed by atoms with Gasteiger partial charge in [0.1, 0.15) is 0 Å². The van der Waals surface area contributed by atoms with Crippen molar-refractivity contribution in [2.45, 2.75) is 11.3 Å². The second-order valence-electron chi connectivity index (χ2n) is 7.13. The molecule has 4 aromatic rings. The van der Waals surface area contributed by atoms with Crippen LogP contribution in [0, 0.1) is 0 Å². The van der Waals surface area contributed by atoms with E-state index >= 15 is 0 Å². The number of nitrogens with zero attached hydrogens (tertiary/aromatic N) is 1. The first-order valence-electron chi connectivity index (χ1n) is 9.83. The number of anilines is 2. The van der Waals surface area contributed by atoms with Crippen molar-refractivity contribution in [1.29, 1.82) is 0 Å². The molecule has 0 saturated heterocycles. The van der Waals surface area contributed by atoms with Crippen LogP contribution in [-0.4, -0.2) is 26.4 Å². The number of nitrogens with one attached hydrogen (secondary N) is 2. The number of carbonyl (C=O) groups is 1. The normalized spacial score (nSPS) is 11.2. The monoisotopic (exact) mass is 447 g/mol. The molecule has 7 nitrogen and oxygen atoms in total. The molecule has 8 heteroatoms. The second-order valence-corrected chi connectivity index (χ2v) is 8.81. The number of fused-ring (bicyclic) bond motifs is 1. The number of rotatable bonds is 7. The van der Waals surface area contributed by atoms with E-state index in [9.17, 15) is 13.2 Å². The van der Waals surface area contributed by atoms with E-state index in [1.54, 1.807) is 54.6 Å². The topological polar surface area (TPSA) is 97.4 Å². The lowest BCUT2D eigenvalue weighted by atomic mass is 10.1. The van der Waals surface area contributed by atoms with Crippen molar-refractivity contribution in [2.24, 2.45) is 0 Å². The molecular weight excluding hydrogens is 426 g/mol. The van der Waals surface area contributed by atoms with Crippen LogP contribution in [0.5, 0.6) is 5.88 Å². The average Bonchev–Trinajstić information content (AvgIpc) is 2.80. The molecule has 0 unspecified atom stereocenters. The number of aromatic nitrogens is 1. The Hall–Kier alpha value is -3.91. The first kappa shape index (κ1) is 21.3. The van der Waals surface area contributed by atoms with Crippen LogP contribution in [0.15, 0.2) is 90.0 Å². The molecular formula is C24H21N3O4S. The summed E-state index contributed by atoms with van der Waals surface area (Å²) in [5, 5.41) is 4.58. The van der Waals surface area contributed by atoms with Gasteiger partial charge >= 0.3 is 0 Å². The fourth-order valence-electron chi connectivity index (χ4n) is 3.20. The number of hydrogen-bond donors (Lipinski definition) is 2. The summed E-state index contributed by atoms with van der Waals surface area (Å²) >= 11 is 0. The van der Waals surface area contributed by atoms with Crippen molar-refractivity contribution in [3.05, 3.63) is 90.6 Å². The highest BCUT2D eigenvalue weighted by atomic mass is 32.2. The molecule has 1 heterocycles. The Morgan fingerprint density at radius 3 is 2.31 bits per heavy atom. The molecule has 3 aromatic carbocycles. The van der Waals surface area contributed by atoms with E-state index in [4.69, 9.17) is 4.74 Å². The number of carbonyl (C=O) groups excluding carboxylic acids is 1. The molecule has 1 amide bonds. The predicted octanol–water partition coefficient (Wildman–Crippen LogP) is 4.23. The van der Waals surface area contributed by atoms with Gasteiger partial charge < -0.3 is 10.1 Å². The Morgan fingerprint density at radius 1 is 0.906 bits per heavy atom. The molecule has 32 heavy (non-hydrogen) atoms. The molecule has 0 fully saturated rings. The fourth-order valence-corrected chi connectivity index (χ4v) is 4.30. The minimum absolute atomic E-state index is 0.143. The number of sulfonamides is 1. The van der Waals surface area contributed by atoms with Crippen LogP contribution in [0.25, 0.3) is 10.8 Å². The molecule has 0 aliphatic carbocycles. The van der Waals surface area contributed by atoms with Gasteiger partial charge in [-0.2, -0.15) is 0 Å². The minimum atomic E-state index is -3.73. The molecule has 0 radical (unpaired) electrons. The van der Waals surface area contributed by atoms with Crippen LogP contribution < -0.4 is 14.8 Å². The third-order valence-corrected chi connectivity index (χ3v) is 6.21. The van der Waals surface area contributed by atoms with Crippen molar-refractivity contribution in [3.63, 3.8) is 0 Å². The predicted molar refractivity (Wildman–Crippen MR) is 124 cm³/mol. The van der Waals surface area contributed by atoms with Crippen LogP contribution >= 0.6 is 0 Å². The maximum absolute atomic E-state index is 12.8. The largest absolute Gasteiger partial charge is 0.481 e. The fraction of sp³-hybridized carbons (Fsp3) is 0.0833. The molecule has 0 atom stereocenters. The molecule has 0 bridgehead atoms. The smallest absolute Gasteiger partial charge is 0.261 e. The van der Waals surface area contributed by atoms with E-state index in [0.29, 0.717) is 17.3 Å². The number of ether oxygens (including phenoxy) is 1. The first-order chi connectivity index (χ1) is 15.4. The number of amides is 1. The van der Waals surface area contributed by atoms with E-state index in [2.05, 4.69) is 15.0 Å². The summed E-state index contributed by atoms with van der Waals surface area (Å²) in [7, 11) is -2.21. The second kappa shape index (κ2) is 9.07. The Bertz CT molecular complexity index is 1350. The Labute approximate surface area is 186 Å². The van der Waals surface area contributed by atoms with Gasteiger partial charge in [0, 0.05) is 11.8 Å². The van der Waals surface area contributed by atoms with Gasteiger partial charge in [-0.3, -0.25) is 9.52 Å². The van der Waals surface area contributed by atoms with E-state index in [1.807, 2.05) is 24.3 Å². The standard InChI is InChI=1S/C24H21N3O4S/c1-31-24-13-11-21(16-25-24)26-23(28)14-17-6-9-20(10-7-17)27-32(29,30)22-12-8-18-4-2-3-5-19(18)15-22/h2-13,15-16,27H,14H2,1H3,(H,26,28). The summed E-state index contributed by atoms with van der Waals surface area (Å²) in [5.41, 5.74) is 1.73. The summed E-state index contributed by atoms with van der Waals surface area (Å²) in [6.07, 6.45) is 1.66. The zero-order valence-corrected chi connectivity index (χ0v) is 18.1. The molecule has 162 valence electrons. The van der Waals surface area contributed by atoms with Crippen molar-refractivity contribution in [2.75, 3.05) is 17.1 Å². The average molecular weight is 448 g/mol. The van der Waals surface area contributed by atoms with Gasteiger partial charge in [0.15, 0.2) is 0 Å². The van der Waals surface area contributed by atoms with Crippen molar-refractivity contribution >= 4 is 38.1 Å². The van der Waals surface area contributed by atoms with Crippen LogP contribution in [0.3, 0.4) is 0 Å². The Morgan fingerprint density at radius 2 is 1.62 bits per heavy atom. The zero-order chi connectivity index (χ0) is 22.6. The highest BCUT2D eigenvalue weighted by molar-refractivity contribution is 7.92. The van der Waals surface area contributed by atoms with Crippen LogP contribution in [0.1, 0.15) is 5.56 Å². The molecule has 2 N–H and O–H groups in total. The van der Waals surface area contributed by atoms with Gasteiger partial charge in [-0.25, -0.2) is 13.4 Å². The summed E-state index contributed by atoms with van der Waals surface area (Å²) < 4.78 is 33.1. The maximum atomic E-state index is 12.8. The molecule has 0 spiro atoms. The Kier molecular flexibility index (Phi) is 6.04. The van der Waals surface area contributed by atoms with Crippen LogP contribution in [0.4, 0.5) is 11.4 Å². The van der Waals surface area contributed by atoms with E-state index in [1.165, 1.54) is 13.3 Å². The summed E-state index contributed by atoms with van der Waals surface area (Å²) in [6, 6.07) is 22.6. The number of pyridine rings is 1. The zero-order valence-electron chi connectivity index (χ0n) is 17.3. The molecule has 4 rings (SSSR count). The van der Waals surface area contributed by atoms with Gasteiger partial charge in [-0.05, 0) is 46.7 Å². The van der Waals surface area contributed by atoms with Gasteiger partial charge in [0.05, 0.1) is 30.3 Å². The van der Waals surface area contributed by atoms with Gasteiger partial charge in [0.25, 0.3) is 10.0 Å². The maximum Gasteiger partial charge on any atom is 0.261 e. The van der Waals surface area contributed by atoms with Crippen LogP contribution in [-0.2, 0) is 21.2 Å². The number of methoxy groups -OCH3 is 1. The molecule has 0 saturated carbocycles. The molecule has 0 aliphatic heterocycles.